The van der Waals surface area contributed by atoms with Gasteiger partial charge in [0.1, 0.15) is 16.8 Å². The number of pyridine rings is 1. The van der Waals surface area contributed by atoms with Gasteiger partial charge in [-0.15, -0.1) is 0 Å². The first kappa shape index (κ1) is 11.7. The van der Waals surface area contributed by atoms with Gasteiger partial charge in [0.2, 0.25) is 0 Å². The summed E-state index contributed by atoms with van der Waals surface area (Å²) in [5, 5.41) is -0.0232. The third-order valence-corrected chi connectivity index (χ3v) is 2.50. The van der Waals surface area contributed by atoms with E-state index in [1.165, 1.54) is 13.2 Å². The Morgan fingerprint density at radius 2 is 2.00 bits per heavy atom. The van der Waals surface area contributed by atoms with Crippen molar-refractivity contribution in [1.29, 1.82) is 0 Å². The molecule has 88 valence electrons. The van der Waals surface area contributed by atoms with Crippen LogP contribution in [0.5, 0.6) is 0 Å². The Bertz CT molecular complexity index is 616. The fourth-order valence-corrected chi connectivity index (χ4v) is 1.69. The number of aromatic nitrogens is 1. The van der Waals surface area contributed by atoms with Gasteiger partial charge in [0, 0.05) is 16.8 Å². The monoisotopic (exact) mass is 257 g/mol. The van der Waals surface area contributed by atoms with E-state index in [0.29, 0.717) is 6.07 Å². The number of rotatable bonds is 1. The summed E-state index contributed by atoms with van der Waals surface area (Å²) in [6.07, 6.45) is 0. The summed E-state index contributed by atoms with van der Waals surface area (Å²) in [5.74, 6) is -2.31. The summed E-state index contributed by atoms with van der Waals surface area (Å²) in [6.45, 7) is 0. The minimum atomic E-state index is -0.811. The molecule has 0 amide bonds. The van der Waals surface area contributed by atoms with Crippen LogP contribution >= 0.6 is 11.6 Å². The number of carbonyl (C=O) groups is 1. The molecule has 0 saturated heterocycles. The molecule has 0 radical (unpaired) electrons. The first-order valence-corrected chi connectivity index (χ1v) is 4.94. The van der Waals surface area contributed by atoms with Crippen LogP contribution in [0.4, 0.5) is 8.78 Å². The van der Waals surface area contributed by atoms with Gasteiger partial charge in [-0.25, -0.2) is 18.6 Å². The molecule has 2 rings (SSSR count). The van der Waals surface area contributed by atoms with Crippen molar-refractivity contribution in [2.24, 2.45) is 0 Å². The molecule has 0 spiro atoms. The van der Waals surface area contributed by atoms with E-state index in [-0.39, 0.29) is 21.6 Å². The van der Waals surface area contributed by atoms with Crippen molar-refractivity contribution in [1.82, 2.24) is 4.98 Å². The second-order valence-corrected chi connectivity index (χ2v) is 3.63. The molecule has 0 atom stereocenters. The molecule has 0 saturated carbocycles. The van der Waals surface area contributed by atoms with Gasteiger partial charge in [-0.05, 0) is 12.1 Å². The van der Waals surface area contributed by atoms with E-state index in [9.17, 15) is 13.6 Å². The molecule has 6 heteroatoms. The van der Waals surface area contributed by atoms with Crippen LogP contribution < -0.4 is 0 Å². The van der Waals surface area contributed by atoms with Crippen molar-refractivity contribution in [3.05, 3.63) is 40.7 Å². The first-order chi connectivity index (χ1) is 8.02. The standard InChI is InChI=1S/C11H6ClF2NO2/c1-17-11(16)9-4-6-7(10(12)15-9)2-5(13)3-8(6)14/h2-4H,1H3. The Morgan fingerprint density at radius 1 is 1.29 bits per heavy atom. The van der Waals surface area contributed by atoms with Crippen molar-refractivity contribution in [3.63, 3.8) is 0 Å². The van der Waals surface area contributed by atoms with Gasteiger partial charge >= 0.3 is 5.97 Å². The van der Waals surface area contributed by atoms with E-state index < -0.39 is 17.6 Å². The molecule has 17 heavy (non-hydrogen) atoms. The van der Waals surface area contributed by atoms with Gasteiger partial charge in [-0.2, -0.15) is 0 Å². The maximum atomic E-state index is 13.5. The molecular formula is C11H6ClF2NO2. The lowest BCUT2D eigenvalue weighted by molar-refractivity contribution is 0.0594. The topological polar surface area (TPSA) is 39.2 Å². The van der Waals surface area contributed by atoms with Gasteiger partial charge in [-0.3, -0.25) is 0 Å². The zero-order valence-corrected chi connectivity index (χ0v) is 9.39. The molecule has 0 N–H and O–H groups in total. The van der Waals surface area contributed by atoms with Crippen molar-refractivity contribution < 1.29 is 18.3 Å². The van der Waals surface area contributed by atoms with Crippen LogP contribution in [0.3, 0.4) is 0 Å². The maximum absolute atomic E-state index is 13.5. The number of benzene rings is 1. The number of methoxy groups -OCH3 is 1. The normalized spacial score (nSPS) is 10.6. The third-order valence-electron chi connectivity index (χ3n) is 2.21. The fourth-order valence-electron chi connectivity index (χ4n) is 1.45. The summed E-state index contributed by atoms with van der Waals surface area (Å²) in [7, 11) is 1.17. The number of ether oxygens (including phenoxy) is 1. The highest BCUT2D eigenvalue weighted by Crippen LogP contribution is 2.26. The average molecular weight is 258 g/mol. The lowest BCUT2D eigenvalue weighted by Crippen LogP contribution is -2.05. The van der Waals surface area contributed by atoms with Crippen LogP contribution in [-0.2, 0) is 4.74 Å². The highest BCUT2D eigenvalue weighted by atomic mass is 35.5. The predicted molar refractivity (Wildman–Crippen MR) is 58.0 cm³/mol. The molecule has 1 heterocycles. The summed E-state index contributed by atoms with van der Waals surface area (Å²) in [5.41, 5.74) is -0.129. The Labute approximate surface area is 100.0 Å². The first-order valence-electron chi connectivity index (χ1n) is 4.56. The van der Waals surface area contributed by atoms with E-state index in [1.54, 1.807) is 0 Å². The van der Waals surface area contributed by atoms with Crippen molar-refractivity contribution in [2.75, 3.05) is 7.11 Å². The van der Waals surface area contributed by atoms with Crippen molar-refractivity contribution in [3.8, 4) is 0 Å². The SMILES string of the molecule is COC(=O)c1cc2c(F)cc(F)cc2c(Cl)n1. The number of nitrogens with zero attached hydrogens (tertiary/aromatic N) is 1. The van der Waals surface area contributed by atoms with Crippen LogP contribution in [0.2, 0.25) is 5.15 Å². The molecule has 0 fully saturated rings. The second kappa shape index (κ2) is 4.25. The molecule has 2 aromatic rings. The molecule has 3 nitrogen and oxygen atoms in total. The van der Waals surface area contributed by atoms with E-state index in [4.69, 9.17) is 11.6 Å². The van der Waals surface area contributed by atoms with Crippen LogP contribution in [0.15, 0.2) is 18.2 Å². The third kappa shape index (κ3) is 2.06. The Balaban J connectivity index is 2.77. The van der Waals surface area contributed by atoms with E-state index in [2.05, 4.69) is 9.72 Å². The van der Waals surface area contributed by atoms with E-state index in [1.807, 2.05) is 0 Å². The smallest absolute Gasteiger partial charge is 0.356 e. The predicted octanol–water partition coefficient (Wildman–Crippen LogP) is 2.95. The summed E-state index contributed by atoms with van der Waals surface area (Å²) < 4.78 is 30.9. The molecular weight excluding hydrogens is 252 g/mol. The molecule has 0 aliphatic heterocycles. The number of carbonyl (C=O) groups excluding carboxylic acids is 1. The van der Waals surface area contributed by atoms with Crippen LogP contribution in [0, 0.1) is 11.6 Å². The number of fused-ring (bicyclic) bond motifs is 1. The minimum Gasteiger partial charge on any atom is -0.464 e. The number of esters is 1. The Morgan fingerprint density at radius 3 is 2.65 bits per heavy atom. The molecule has 0 unspecified atom stereocenters. The number of hydrogen-bond acceptors (Lipinski definition) is 3. The highest BCUT2D eigenvalue weighted by Gasteiger charge is 2.14. The van der Waals surface area contributed by atoms with Gasteiger partial charge < -0.3 is 4.74 Å². The van der Waals surface area contributed by atoms with Crippen molar-refractivity contribution in [2.45, 2.75) is 0 Å². The van der Waals surface area contributed by atoms with Gasteiger partial charge in [0.15, 0.2) is 5.69 Å². The fraction of sp³-hybridized carbons (Fsp3) is 0.0909. The molecule has 1 aromatic heterocycles. The average Bonchev–Trinajstić information content (AvgIpc) is 2.29. The number of hydrogen-bond donors (Lipinski definition) is 0. The zero-order chi connectivity index (χ0) is 12.6. The summed E-state index contributed by atoms with van der Waals surface area (Å²) >= 11 is 5.75. The molecule has 1 aromatic carbocycles. The van der Waals surface area contributed by atoms with Crippen molar-refractivity contribution >= 4 is 28.3 Å². The lowest BCUT2D eigenvalue weighted by atomic mass is 10.1. The molecule has 0 bridgehead atoms. The van der Waals surface area contributed by atoms with E-state index >= 15 is 0 Å². The molecule has 0 aliphatic carbocycles. The maximum Gasteiger partial charge on any atom is 0.356 e. The largest absolute Gasteiger partial charge is 0.464 e. The van der Waals surface area contributed by atoms with Gasteiger partial charge in [0.05, 0.1) is 7.11 Å². The van der Waals surface area contributed by atoms with Gasteiger partial charge in [-0.1, -0.05) is 11.6 Å². The molecule has 0 aliphatic rings. The quantitative estimate of drug-likeness (QED) is 0.582. The van der Waals surface area contributed by atoms with Crippen LogP contribution in [-0.4, -0.2) is 18.1 Å². The Hall–Kier alpha value is -1.75. The number of halogens is 3. The second-order valence-electron chi connectivity index (χ2n) is 3.27. The zero-order valence-electron chi connectivity index (χ0n) is 8.63. The van der Waals surface area contributed by atoms with E-state index in [0.717, 1.165) is 6.07 Å². The summed E-state index contributed by atoms with van der Waals surface area (Å²) in [6, 6.07) is 2.93. The van der Waals surface area contributed by atoms with Crippen LogP contribution in [0.25, 0.3) is 10.8 Å². The minimum absolute atomic E-state index is 0.0202. The highest BCUT2D eigenvalue weighted by molar-refractivity contribution is 6.34. The summed E-state index contributed by atoms with van der Waals surface area (Å²) in [4.78, 5) is 15.0. The van der Waals surface area contributed by atoms with Gasteiger partial charge in [0.25, 0.3) is 0 Å². The Kier molecular flexibility index (Phi) is 2.93. The lowest BCUT2D eigenvalue weighted by Gasteiger charge is -2.05. The van der Waals surface area contributed by atoms with Crippen LogP contribution in [0.1, 0.15) is 10.5 Å².